The van der Waals surface area contributed by atoms with E-state index in [0.29, 0.717) is 5.56 Å². The van der Waals surface area contributed by atoms with E-state index in [1.54, 1.807) is 12.3 Å². The number of nitrogens with zero attached hydrogens (tertiary/aromatic N) is 1. The van der Waals surface area contributed by atoms with Crippen molar-refractivity contribution in [3.05, 3.63) is 35.2 Å². The Morgan fingerprint density at radius 1 is 1.29 bits per heavy atom. The largest absolute Gasteiger partial charge is 0.466 e. The van der Waals surface area contributed by atoms with E-state index in [2.05, 4.69) is 14.5 Å². The van der Waals surface area contributed by atoms with E-state index >= 15 is 0 Å². The van der Waals surface area contributed by atoms with Gasteiger partial charge in [0.1, 0.15) is 0 Å². The van der Waals surface area contributed by atoms with Gasteiger partial charge in [0.05, 0.1) is 14.2 Å². The number of hydrogen-bond acceptors (Lipinski definition) is 5. The molecule has 1 heterocycles. The summed E-state index contributed by atoms with van der Waals surface area (Å²) in [5.41, 5.74) is 1.56. The first-order chi connectivity index (χ1) is 8.08. The van der Waals surface area contributed by atoms with Crippen LogP contribution in [0.1, 0.15) is 21.6 Å². The van der Waals surface area contributed by atoms with Crippen LogP contribution in [0.2, 0.25) is 0 Å². The van der Waals surface area contributed by atoms with Gasteiger partial charge in [-0.2, -0.15) is 0 Å². The number of aromatic nitrogens is 1. The van der Waals surface area contributed by atoms with E-state index < -0.39 is 11.9 Å². The predicted molar refractivity (Wildman–Crippen MR) is 61.4 cm³/mol. The van der Waals surface area contributed by atoms with Crippen molar-refractivity contribution in [3.8, 4) is 0 Å². The maximum Gasteiger partial charge on any atom is 0.357 e. The Bertz CT molecular complexity index is 466. The molecule has 0 saturated heterocycles. The molecule has 0 saturated carbocycles. The van der Waals surface area contributed by atoms with Gasteiger partial charge in [-0.05, 0) is 24.6 Å². The first kappa shape index (κ1) is 12.9. The second-order valence-corrected chi connectivity index (χ2v) is 3.30. The number of esters is 2. The number of carbonyl (C=O) groups is 2. The lowest BCUT2D eigenvalue weighted by Crippen LogP contribution is -2.07. The molecule has 0 aromatic carbocycles. The first-order valence-corrected chi connectivity index (χ1v) is 4.89. The highest BCUT2D eigenvalue weighted by molar-refractivity contribution is 5.94. The Balaban J connectivity index is 3.11. The lowest BCUT2D eigenvalue weighted by atomic mass is 10.1. The minimum Gasteiger partial charge on any atom is -0.466 e. The van der Waals surface area contributed by atoms with E-state index in [-0.39, 0.29) is 5.69 Å². The van der Waals surface area contributed by atoms with E-state index in [0.717, 1.165) is 5.56 Å². The Hall–Kier alpha value is -2.17. The predicted octanol–water partition coefficient (Wildman–Crippen LogP) is 1.36. The van der Waals surface area contributed by atoms with Crippen LogP contribution < -0.4 is 0 Å². The highest BCUT2D eigenvalue weighted by Gasteiger charge is 2.12. The molecular weight excluding hydrogens is 222 g/mol. The summed E-state index contributed by atoms with van der Waals surface area (Å²) < 4.78 is 9.06. The smallest absolute Gasteiger partial charge is 0.357 e. The summed E-state index contributed by atoms with van der Waals surface area (Å²) in [4.78, 5) is 26.4. The molecule has 1 aromatic rings. The van der Waals surface area contributed by atoms with Crippen LogP contribution in [0.5, 0.6) is 0 Å². The third-order valence-electron chi connectivity index (χ3n) is 2.03. The average Bonchev–Trinajstić information content (AvgIpc) is 2.35. The Morgan fingerprint density at radius 2 is 2.00 bits per heavy atom. The molecule has 0 aliphatic rings. The molecule has 5 heteroatoms. The number of hydrogen-bond donors (Lipinski definition) is 0. The summed E-state index contributed by atoms with van der Waals surface area (Å²) >= 11 is 0. The summed E-state index contributed by atoms with van der Waals surface area (Å²) in [6, 6.07) is 1.73. The molecule has 0 atom stereocenters. The summed E-state index contributed by atoms with van der Waals surface area (Å²) in [6.07, 6.45) is 4.25. The van der Waals surface area contributed by atoms with Crippen LogP contribution in [0.3, 0.4) is 0 Å². The van der Waals surface area contributed by atoms with Gasteiger partial charge in [-0.25, -0.2) is 14.6 Å². The van der Waals surface area contributed by atoms with Crippen LogP contribution >= 0.6 is 0 Å². The molecule has 17 heavy (non-hydrogen) atoms. The molecule has 0 amide bonds. The average molecular weight is 235 g/mol. The molecule has 0 radical (unpaired) electrons. The third kappa shape index (κ3) is 3.41. The van der Waals surface area contributed by atoms with Crippen LogP contribution in [0.15, 0.2) is 18.3 Å². The van der Waals surface area contributed by atoms with Gasteiger partial charge in [0.25, 0.3) is 0 Å². The molecular formula is C12H13NO4. The lowest BCUT2D eigenvalue weighted by molar-refractivity contribution is -0.134. The lowest BCUT2D eigenvalue weighted by Gasteiger charge is -2.03. The fourth-order valence-electron chi connectivity index (χ4n) is 1.21. The van der Waals surface area contributed by atoms with E-state index in [1.165, 1.54) is 26.4 Å². The van der Waals surface area contributed by atoms with Crippen molar-refractivity contribution in [2.75, 3.05) is 14.2 Å². The monoisotopic (exact) mass is 235 g/mol. The van der Waals surface area contributed by atoms with Crippen LogP contribution in [0.4, 0.5) is 0 Å². The molecule has 1 aromatic heterocycles. The van der Waals surface area contributed by atoms with Crippen molar-refractivity contribution in [2.45, 2.75) is 6.92 Å². The van der Waals surface area contributed by atoms with E-state index in [4.69, 9.17) is 0 Å². The summed E-state index contributed by atoms with van der Waals surface area (Å²) in [7, 11) is 2.56. The van der Waals surface area contributed by atoms with Crippen molar-refractivity contribution >= 4 is 18.0 Å². The second kappa shape index (κ2) is 5.79. The fourth-order valence-corrected chi connectivity index (χ4v) is 1.21. The number of rotatable bonds is 3. The van der Waals surface area contributed by atoms with Crippen LogP contribution in [0.25, 0.3) is 6.08 Å². The zero-order chi connectivity index (χ0) is 12.8. The SMILES string of the molecule is COC(=O)/C=C/c1cc(C)cnc1C(=O)OC. The molecule has 0 aliphatic carbocycles. The maximum atomic E-state index is 11.4. The van der Waals surface area contributed by atoms with Gasteiger partial charge in [-0.3, -0.25) is 0 Å². The van der Waals surface area contributed by atoms with Crippen molar-refractivity contribution in [1.29, 1.82) is 0 Å². The highest BCUT2D eigenvalue weighted by atomic mass is 16.5. The van der Waals surface area contributed by atoms with Gasteiger partial charge in [-0.1, -0.05) is 0 Å². The number of pyridine rings is 1. The zero-order valence-corrected chi connectivity index (χ0v) is 9.89. The zero-order valence-electron chi connectivity index (χ0n) is 9.89. The maximum absolute atomic E-state index is 11.4. The molecule has 0 unspecified atom stereocenters. The van der Waals surface area contributed by atoms with Gasteiger partial charge in [-0.15, -0.1) is 0 Å². The number of carbonyl (C=O) groups excluding carboxylic acids is 2. The summed E-state index contributed by atoms with van der Waals surface area (Å²) in [5.74, 6) is -1.04. The normalized spacial score (nSPS) is 10.3. The molecule has 90 valence electrons. The van der Waals surface area contributed by atoms with Crippen LogP contribution in [0, 0.1) is 6.92 Å². The van der Waals surface area contributed by atoms with Gasteiger partial charge < -0.3 is 9.47 Å². The molecule has 5 nitrogen and oxygen atoms in total. The molecule has 1 rings (SSSR count). The molecule has 0 fully saturated rings. The fraction of sp³-hybridized carbons (Fsp3) is 0.250. The second-order valence-electron chi connectivity index (χ2n) is 3.30. The van der Waals surface area contributed by atoms with Crippen LogP contribution in [-0.4, -0.2) is 31.1 Å². The van der Waals surface area contributed by atoms with E-state index in [9.17, 15) is 9.59 Å². The summed E-state index contributed by atoms with van der Waals surface area (Å²) in [5, 5.41) is 0. The Labute approximate surface area is 99.1 Å². The standard InChI is InChI=1S/C12H13NO4/c1-8-6-9(4-5-10(14)16-2)11(13-7-8)12(15)17-3/h4-7H,1-3H3/b5-4+. The van der Waals surface area contributed by atoms with Crippen molar-refractivity contribution < 1.29 is 19.1 Å². The highest BCUT2D eigenvalue weighted by Crippen LogP contribution is 2.11. The minimum atomic E-state index is -0.547. The first-order valence-electron chi connectivity index (χ1n) is 4.89. The summed E-state index contributed by atoms with van der Waals surface area (Å²) in [6.45, 7) is 1.84. The minimum absolute atomic E-state index is 0.165. The van der Waals surface area contributed by atoms with Crippen molar-refractivity contribution in [2.24, 2.45) is 0 Å². The number of aryl methyl sites for hydroxylation is 1. The molecule has 0 N–H and O–H groups in total. The quantitative estimate of drug-likeness (QED) is 0.584. The Morgan fingerprint density at radius 3 is 2.59 bits per heavy atom. The number of methoxy groups -OCH3 is 2. The van der Waals surface area contributed by atoms with Gasteiger partial charge in [0.2, 0.25) is 0 Å². The Kier molecular flexibility index (Phi) is 4.39. The van der Waals surface area contributed by atoms with Crippen molar-refractivity contribution in [1.82, 2.24) is 4.98 Å². The van der Waals surface area contributed by atoms with Crippen molar-refractivity contribution in [3.63, 3.8) is 0 Å². The molecule has 0 aliphatic heterocycles. The van der Waals surface area contributed by atoms with Gasteiger partial charge in [0, 0.05) is 17.8 Å². The van der Waals surface area contributed by atoms with E-state index in [1.807, 2.05) is 6.92 Å². The number of ether oxygens (including phenoxy) is 2. The molecule has 0 bridgehead atoms. The topological polar surface area (TPSA) is 65.5 Å². The van der Waals surface area contributed by atoms with Crippen LogP contribution in [-0.2, 0) is 14.3 Å². The third-order valence-corrected chi connectivity index (χ3v) is 2.03. The van der Waals surface area contributed by atoms with Gasteiger partial charge in [0.15, 0.2) is 5.69 Å². The molecule has 0 spiro atoms. The van der Waals surface area contributed by atoms with Gasteiger partial charge >= 0.3 is 11.9 Å².